The molecule has 0 radical (unpaired) electrons. The number of para-hydroxylation sites is 1. The summed E-state index contributed by atoms with van der Waals surface area (Å²) >= 11 is 0. The molecule has 0 aliphatic rings. The lowest BCUT2D eigenvalue weighted by atomic mass is 10.2. The van der Waals surface area contributed by atoms with Crippen LogP contribution < -0.4 is 4.90 Å². The highest BCUT2D eigenvalue weighted by atomic mass is 19.1. The molecule has 0 saturated carbocycles. The lowest BCUT2D eigenvalue weighted by molar-refractivity contribution is 0.0987. The van der Waals surface area contributed by atoms with Crippen LogP contribution in [0.1, 0.15) is 16.1 Å². The molecule has 1 aromatic heterocycles. The van der Waals surface area contributed by atoms with Gasteiger partial charge in [0.25, 0.3) is 5.91 Å². The maximum absolute atomic E-state index is 13.6. The Labute approximate surface area is 109 Å². The number of rotatable bonds is 2. The van der Waals surface area contributed by atoms with E-state index in [1.807, 2.05) is 6.07 Å². The summed E-state index contributed by atoms with van der Waals surface area (Å²) in [6.07, 6.45) is 1.31. The van der Waals surface area contributed by atoms with E-state index in [9.17, 15) is 9.18 Å². The smallest absolute Gasteiger partial charge is 0.276 e. The molecule has 0 unspecified atom stereocenters. The number of amides is 1. The van der Waals surface area contributed by atoms with Gasteiger partial charge in [0.05, 0.1) is 11.3 Å². The van der Waals surface area contributed by atoms with Crippen LogP contribution in [0.15, 0.2) is 42.6 Å². The zero-order valence-electron chi connectivity index (χ0n) is 10.2. The first-order valence-electron chi connectivity index (χ1n) is 5.52. The van der Waals surface area contributed by atoms with Gasteiger partial charge in [-0.25, -0.2) is 9.37 Å². The van der Waals surface area contributed by atoms with Crippen LogP contribution in [0.25, 0.3) is 0 Å². The number of nitrogens with zero attached hydrogens (tertiary/aromatic N) is 3. The molecule has 94 valence electrons. The number of hydrogen-bond donors (Lipinski definition) is 0. The predicted octanol–water partition coefficient (Wildman–Crippen LogP) is 2.37. The van der Waals surface area contributed by atoms with Gasteiger partial charge in [0.1, 0.15) is 17.6 Å². The topological polar surface area (TPSA) is 57.0 Å². The SMILES string of the molecule is CN(C(=O)c1ccc(C#N)cn1)c1ccccc1F. The number of pyridine rings is 1. The fourth-order valence-corrected chi connectivity index (χ4v) is 1.59. The molecule has 0 atom stereocenters. The minimum Gasteiger partial charge on any atom is -0.307 e. The molecule has 2 aromatic rings. The number of hydrogen-bond acceptors (Lipinski definition) is 3. The van der Waals surface area contributed by atoms with Crippen LogP contribution in [0, 0.1) is 17.1 Å². The molecular weight excluding hydrogens is 245 g/mol. The molecule has 1 aromatic carbocycles. The molecule has 0 bridgehead atoms. The third kappa shape index (κ3) is 2.58. The highest BCUT2D eigenvalue weighted by molar-refractivity contribution is 6.04. The van der Waals surface area contributed by atoms with Crippen LogP contribution >= 0.6 is 0 Å². The largest absolute Gasteiger partial charge is 0.307 e. The van der Waals surface area contributed by atoms with Crippen molar-refractivity contribution in [3.8, 4) is 6.07 Å². The Kier molecular flexibility index (Phi) is 3.53. The van der Waals surface area contributed by atoms with Gasteiger partial charge in [0.2, 0.25) is 0 Å². The maximum Gasteiger partial charge on any atom is 0.276 e. The van der Waals surface area contributed by atoms with Gasteiger partial charge in [-0.15, -0.1) is 0 Å². The van der Waals surface area contributed by atoms with E-state index in [1.165, 1.54) is 42.4 Å². The van der Waals surface area contributed by atoms with Gasteiger partial charge in [-0.05, 0) is 24.3 Å². The van der Waals surface area contributed by atoms with E-state index in [-0.39, 0.29) is 11.4 Å². The second-order valence-electron chi connectivity index (χ2n) is 3.86. The number of aromatic nitrogens is 1. The monoisotopic (exact) mass is 255 g/mol. The maximum atomic E-state index is 13.6. The van der Waals surface area contributed by atoms with E-state index < -0.39 is 11.7 Å². The molecule has 0 fully saturated rings. The second-order valence-corrected chi connectivity index (χ2v) is 3.86. The van der Waals surface area contributed by atoms with Crippen molar-refractivity contribution < 1.29 is 9.18 Å². The fourth-order valence-electron chi connectivity index (χ4n) is 1.59. The van der Waals surface area contributed by atoms with Gasteiger partial charge < -0.3 is 4.90 Å². The van der Waals surface area contributed by atoms with E-state index in [0.29, 0.717) is 5.56 Å². The van der Waals surface area contributed by atoms with Crippen LogP contribution in [-0.2, 0) is 0 Å². The van der Waals surface area contributed by atoms with Crippen molar-refractivity contribution in [2.24, 2.45) is 0 Å². The molecule has 4 nitrogen and oxygen atoms in total. The van der Waals surface area contributed by atoms with Gasteiger partial charge >= 0.3 is 0 Å². The van der Waals surface area contributed by atoms with Gasteiger partial charge in [-0.1, -0.05) is 12.1 Å². The molecule has 0 N–H and O–H groups in total. The first-order chi connectivity index (χ1) is 9.13. The Morgan fingerprint density at radius 1 is 1.32 bits per heavy atom. The minimum atomic E-state index is -0.480. The van der Waals surface area contributed by atoms with Gasteiger partial charge in [0, 0.05) is 13.2 Å². The van der Waals surface area contributed by atoms with Crippen molar-refractivity contribution in [3.05, 3.63) is 59.7 Å². The molecule has 0 aliphatic carbocycles. The van der Waals surface area contributed by atoms with Crippen LogP contribution in [-0.4, -0.2) is 17.9 Å². The van der Waals surface area contributed by atoms with E-state index in [2.05, 4.69) is 4.98 Å². The Hall–Kier alpha value is -2.74. The van der Waals surface area contributed by atoms with Crippen LogP contribution in [0.4, 0.5) is 10.1 Å². The van der Waals surface area contributed by atoms with Crippen molar-refractivity contribution >= 4 is 11.6 Å². The van der Waals surface area contributed by atoms with Crippen molar-refractivity contribution in [1.29, 1.82) is 5.26 Å². The van der Waals surface area contributed by atoms with Crippen molar-refractivity contribution in [2.45, 2.75) is 0 Å². The summed E-state index contributed by atoms with van der Waals surface area (Å²) in [7, 11) is 1.47. The Morgan fingerprint density at radius 2 is 2.05 bits per heavy atom. The third-order valence-electron chi connectivity index (χ3n) is 2.63. The highest BCUT2D eigenvalue weighted by Gasteiger charge is 2.17. The highest BCUT2D eigenvalue weighted by Crippen LogP contribution is 2.18. The number of anilines is 1. The summed E-state index contributed by atoms with van der Waals surface area (Å²) in [5, 5.41) is 8.66. The van der Waals surface area contributed by atoms with Crippen LogP contribution in [0.2, 0.25) is 0 Å². The normalized spacial score (nSPS) is 9.74. The lowest BCUT2D eigenvalue weighted by Crippen LogP contribution is -2.27. The predicted molar refractivity (Wildman–Crippen MR) is 68.1 cm³/mol. The molecule has 0 spiro atoms. The standard InChI is InChI=1S/C14H10FN3O/c1-18(13-5-3-2-4-11(13)15)14(19)12-7-6-10(8-16)9-17-12/h2-7,9H,1H3. The summed E-state index contributed by atoms with van der Waals surface area (Å²) < 4.78 is 13.6. The number of halogens is 1. The Bertz CT molecular complexity index is 646. The quantitative estimate of drug-likeness (QED) is 0.827. The van der Waals surface area contributed by atoms with Gasteiger partial charge in [-0.3, -0.25) is 4.79 Å². The number of carbonyl (C=O) groups is 1. The fraction of sp³-hybridized carbons (Fsp3) is 0.0714. The number of benzene rings is 1. The van der Waals surface area contributed by atoms with E-state index in [0.717, 1.165) is 0 Å². The Morgan fingerprint density at radius 3 is 2.63 bits per heavy atom. The van der Waals surface area contributed by atoms with Gasteiger partial charge in [0.15, 0.2) is 0 Å². The summed E-state index contributed by atoms with van der Waals surface area (Å²) in [5.74, 6) is -0.915. The number of nitriles is 1. The molecule has 2 rings (SSSR count). The summed E-state index contributed by atoms with van der Waals surface area (Å²) in [6, 6.07) is 10.8. The first-order valence-corrected chi connectivity index (χ1v) is 5.52. The third-order valence-corrected chi connectivity index (χ3v) is 2.63. The summed E-state index contributed by atoms with van der Waals surface area (Å²) in [4.78, 5) is 17.2. The minimum absolute atomic E-state index is 0.157. The molecule has 0 saturated heterocycles. The first kappa shape index (κ1) is 12.7. The molecule has 5 heteroatoms. The zero-order valence-corrected chi connectivity index (χ0v) is 10.2. The van der Waals surface area contributed by atoms with E-state index in [1.54, 1.807) is 12.1 Å². The van der Waals surface area contributed by atoms with Crippen molar-refractivity contribution in [1.82, 2.24) is 4.98 Å². The average Bonchev–Trinajstić information content (AvgIpc) is 2.46. The summed E-state index contributed by atoms with van der Waals surface area (Å²) in [5.41, 5.74) is 0.702. The van der Waals surface area contributed by atoms with Crippen molar-refractivity contribution in [2.75, 3.05) is 11.9 Å². The lowest BCUT2D eigenvalue weighted by Gasteiger charge is -2.17. The van der Waals surface area contributed by atoms with E-state index in [4.69, 9.17) is 5.26 Å². The number of carbonyl (C=O) groups excluding carboxylic acids is 1. The molecule has 1 heterocycles. The van der Waals surface area contributed by atoms with Crippen LogP contribution in [0.5, 0.6) is 0 Å². The second kappa shape index (κ2) is 5.27. The van der Waals surface area contributed by atoms with Gasteiger partial charge in [-0.2, -0.15) is 5.26 Å². The Balaban J connectivity index is 2.29. The van der Waals surface area contributed by atoms with E-state index >= 15 is 0 Å². The summed E-state index contributed by atoms with van der Waals surface area (Å²) in [6.45, 7) is 0. The average molecular weight is 255 g/mol. The molecule has 19 heavy (non-hydrogen) atoms. The van der Waals surface area contributed by atoms with Crippen molar-refractivity contribution in [3.63, 3.8) is 0 Å². The zero-order chi connectivity index (χ0) is 13.8. The molecule has 1 amide bonds. The molecular formula is C14H10FN3O. The van der Waals surface area contributed by atoms with Crippen LogP contribution in [0.3, 0.4) is 0 Å². The molecule has 0 aliphatic heterocycles.